The lowest BCUT2D eigenvalue weighted by Crippen LogP contribution is -2.46. The molecule has 0 fully saturated rings. The van der Waals surface area contributed by atoms with Crippen molar-refractivity contribution in [3.05, 3.63) is 65.9 Å². The van der Waals surface area contributed by atoms with Crippen molar-refractivity contribution < 1.29 is 14.3 Å². The minimum absolute atomic E-state index is 0.0770. The molecule has 1 aromatic heterocycles. The van der Waals surface area contributed by atoms with E-state index >= 15 is 0 Å². The standard InChI is InChI=1S/C20H19N3O3/c24-19(22-15-9-14-6-2-4-8-18(14)26-12-15)11-21-20(25)17-10-13-5-1-3-7-16(13)23-17/h1-8,10,15,23H,9,11-12H2,(H,21,25)(H,22,24)/t15-/m1/s1. The number of amides is 2. The van der Waals surface area contributed by atoms with E-state index in [1.54, 1.807) is 6.07 Å². The van der Waals surface area contributed by atoms with E-state index in [-0.39, 0.29) is 24.4 Å². The first-order chi connectivity index (χ1) is 12.7. The van der Waals surface area contributed by atoms with E-state index < -0.39 is 0 Å². The van der Waals surface area contributed by atoms with Gasteiger partial charge in [-0.3, -0.25) is 9.59 Å². The SMILES string of the molecule is O=C(CNC(=O)c1cc2ccccc2[nH]1)N[C@H]1COc2ccccc2C1. The van der Waals surface area contributed by atoms with Gasteiger partial charge in [0.2, 0.25) is 5.91 Å². The van der Waals surface area contributed by atoms with Gasteiger partial charge in [-0.15, -0.1) is 0 Å². The van der Waals surface area contributed by atoms with Crippen LogP contribution >= 0.6 is 0 Å². The van der Waals surface area contributed by atoms with Crippen LogP contribution in [-0.4, -0.2) is 36.0 Å². The van der Waals surface area contributed by atoms with Crippen molar-refractivity contribution in [1.82, 2.24) is 15.6 Å². The third-order valence-corrected chi connectivity index (χ3v) is 4.43. The molecule has 3 aromatic rings. The van der Waals surface area contributed by atoms with Gasteiger partial charge in [0.1, 0.15) is 18.1 Å². The zero-order valence-corrected chi connectivity index (χ0v) is 14.1. The first-order valence-corrected chi connectivity index (χ1v) is 8.55. The fourth-order valence-electron chi connectivity index (χ4n) is 3.15. The van der Waals surface area contributed by atoms with Gasteiger partial charge < -0.3 is 20.4 Å². The molecule has 3 N–H and O–H groups in total. The molecule has 0 aliphatic carbocycles. The number of nitrogens with one attached hydrogen (secondary N) is 3. The summed E-state index contributed by atoms with van der Waals surface area (Å²) in [5.74, 6) is 0.328. The van der Waals surface area contributed by atoms with Crippen LogP contribution in [0.15, 0.2) is 54.6 Å². The Balaban J connectivity index is 1.31. The second-order valence-corrected chi connectivity index (χ2v) is 6.34. The maximum absolute atomic E-state index is 12.2. The van der Waals surface area contributed by atoms with Gasteiger partial charge in [0, 0.05) is 10.9 Å². The van der Waals surface area contributed by atoms with Crippen LogP contribution in [0.5, 0.6) is 5.75 Å². The summed E-state index contributed by atoms with van der Waals surface area (Å²) in [6.45, 7) is 0.352. The molecule has 0 saturated carbocycles. The summed E-state index contributed by atoms with van der Waals surface area (Å²) in [6.07, 6.45) is 0.720. The fourth-order valence-corrected chi connectivity index (χ4v) is 3.15. The molecule has 6 nitrogen and oxygen atoms in total. The number of rotatable bonds is 4. The van der Waals surface area contributed by atoms with Crippen LogP contribution in [0.4, 0.5) is 0 Å². The molecular weight excluding hydrogens is 330 g/mol. The van der Waals surface area contributed by atoms with E-state index in [0.29, 0.717) is 12.3 Å². The zero-order chi connectivity index (χ0) is 17.9. The number of para-hydroxylation sites is 2. The zero-order valence-electron chi connectivity index (χ0n) is 14.1. The molecular formula is C20H19N3O3. The molecule has 1 aliphatic rings. The molecule has 0 unspecified atom stereocenters. The van der Waals surface area contributed by atoms with Gasteiger partial charge in [-0.2, -0.15) is 0 Å². The van der Waals surface area contributed by atoms with E-state index in [9.17, 15) is 9.59 Å². The first-order valence-electron chi connectivity index (χ1n) is 8.55. The first kappa shape index (κ1) is 16.2. The molecule has 26 heavy (non-hydrogen) atoms. The van der Waals surface area contributed by atoms with Crippen molar-refractivity contribution in [1.29, 1.82) is 0 Å². The van der Waals surface area contributed by atoms with Crippen LogP contribution in [-0.2, 0) is 11.2 Å². The van der Waals surface area contributed by atoms with E-state index in [2.05, 4.69) is 15.6 Å². The molecule has 0 bridgehead atoms. The van der Waals surface area contributed by atoms with Crippen molar-refractivity contribution in [3.63, 3.8) is 0 Å². The molecule has 1 aliphatic heterocycles. The smallest absolute Gasteiger partial charge is 0.268 e. The largest absolute Gasteiger partial charge is 0.491 e. The Morgan fingerprint density at radius 1 is 1.12 bits per heavy atom. The van der Waals surface area contributed by atoms with Crippen LogP contribution in [0.1, 0.15) is 16.1 Å². The second kappa shape index (κ2) is 6.92. The number of ether oxygens (including phenoxy) is 1. The topological polar surface area (TPSA) is 83.2 Å². The number of aromatic nitrogens is 1. The molecule has 0 spiro atoms. The number of carbonyl (C=O) groups is 2. The molecule has 2 aromatic carbocycles. The minimum atomic E-state index is -0.304. The van der Waals surface area contributed by atoms with Crippen molar-refractivity contribution in [3.8, 4) is 5.75 Å². The normalized spacial score (nSPS) is 15.8. The second-order valence-electron chi connectivity index (χ2n) is 6.34. The van der Waals surface area contributed by atoms with E-state index in [1.165, 1.54) is 0 Å². The molecule has 6 heteroatoms. The van der Waals surface area contributed by atoms with E-state index in [1.807, 2.05) is 48.5 Å². The highest BCUT2D eigenvalue weighted by molar-refractivity contribution is 5.99. The summed E-state index contributed by atoms with van der Waals surface area (Å²) in [5, 5.41) is 6.51. The number of H-pyrrole nitrogens is 1. The average Bonchev–Trinajstić information content (AvgIpc) is 3.10. The number of aromatic amines is 1. The highest BCUT2D eigenvalue weighted by atomic mass is 16.5. The quantitative estimate of drug-likeness (QED) is 0.674. The van der Waals surface area contributed by atoms with Crippen LogP contribution in [0.25, 0.3) is 10.9 Å². The minimum Gasteiger partial charge on any atom is -0.491 e. The Morgan fingerprint density at radius 2 is 1.92 bits per heavy atom. The van der Waals surface area contributed by atoms with Gasteiger partial charge in [-0.25, -0.2) is 0 Å². The third-order valence-electron chi connectivity index (χ3n) is 4.43. The van der Waals surface area contributed by atoms with E-state index in [0.717, 1.165) is 28.6 Å². The summed E-state index contributed by atoms with van der Waals surface area (Å²) >= 11 is 0. The maximum atomic E-state index is 12.2. The molecule has 0 saturated heterocycles. The maximum Gasteiger partial charge on any atom is 0.268 e. The lowest BCUT2D eigenvalue weighted by Gasteiger charge is -2.26. The number of hydrogen-bond donors (Lipinski definition) is 3. The predicted octanol–water partition coefficient (Wildman–Crippen LogP) is 2.02. The van der Waals surface area contributed by atoms with Crippen molar-refractivity contribution >= 4 is 22.7 Å². The van der Waals surface area contributed by atoms with Gasteiger partial charge in [-0.1, -0.05) is 36.4 Å². The van der Waals surface area contributed by atoms with E-state index in [4.69, 9.17) is 4.74 Å². The van der Waals surface area contributed by atoms with Gasteiger partial charge in [-0.05, 0) is 30.2 Å². The molecule has 1 atom stereocenters. The fraction of sp³-hybridized carbons (Fsp3) is 0.200. The van der Waals surface area contributed by atoms with Crippen LogP contribution in [0.2, 0.25) is 0 Å². The summed E-state index contributed by atoms with van der Waals surface area (Å²) in [6, 6.07) is 17.1. The Kier molecular flexibility index (Phi) is 4.31. The Morgan fingerprint density at radius 3 is 2.81 bits per heavy atom. The summed E-state index contributed by atoms with van der Waals surface area (Å²) in [7, 11) is 0. The lowest BCUT2D eigenvalue weighted by molar-refractivity contribution is -0.121. The molecule has 0 radical (unpaired) electrons. The van der Waals surface area contributed by atoms with Gasteiger partial charge >= 0.3 is 0 Å². The highest BCUT2D eigenvalue weighted by Crippen LogP contribution is 2.23. The van der Waals surface area contributed by atoms with Crippen LogP contribution in [0.3, 0.4) is 0 Å². The lowest BCUT2D eigenvalue weighted by atomic mass is 10.0. The highest BCUT2D eigenvalue weighted by Gasteiger charge is 2.21. The Bertz CT molecular complexity index is 931. The summed E-state index contributed by atoms with van der Waals surface area (Å²) in [5.41, 5.74) is 2.40. The van der Waals surface area contributed by atoms with Crippen molar-refractivity contribution in [2.24, 2.45) is 0 Å². The van der Waals surface area contributed by atoms with Crippen molar-refractivity contribution in [2.75, 3.05) is 13.2 Å². The van der Waals surface area contributed by atoms with Crippen LogP contribution < -0.4 is 15.4 Å². The molecule has 4 rings (SSSR count). The summed E-state index contributed by atoms with van der Waals surface area (Å²) < 4.78 is 5.66. The van der Waals surface area contributed by atoms with Gasteiger partial charge in [0.05, 0.1) is 12.6 Å². The summed E-state index contributed by atoms with van der Waals surface area (Å²) in [4.78, 5) is 27.4. The molecule has 2 heterocycles. The number of fused-ring (bicyclic) bond motifs is 2. The number of hydrogen-bond acceptors (Lipinski definition) is 3. The number of carbonyl (C=O) groups excluding carboxylic acids is 2. The Hall–Kier alpha value is -3.28. The average molecular weight is 349 g/mol. The molecule has 132 valence electrons. The monoisotopic (exact) mass is 349 g/mol. The van der Waals surface area contributed by atoms with Crippen molar-refractivity contribution in [2.45, 2.75) is 12.5 Å². The number of benzene rings is 2. The van der Waals surface area contributed by atoms with Crippen LogP contribution in [0, 0.1) is 0 Å². The predicted molar refractivity (Wildman–Crippen MR) is 98.2 cm³/mol. The third kappa shape index (κ3) is 3.39. The van der Waals surface area contributed by atoms with Gasteiger partial charge in [0.25, 0.3) is 5.91 Å². The Labute approximate surface area is 150 Å². The molecule has 2 amide bonds. The van der Waals surface area contributed by atoms with Gasteiger partial charge in [0.15, 0.2) is 0 Å².